The van der Waals surface area contributed by atoms with Crippen LogP contribution in [-0.4, -0.2) is 25.7 Å². The van der Waals surface area contributed by atoms with E-state index in [4.69, 9.17) is 9.47 Å². The van der Waals surface area contributed by atoms with E-state index in [0.717, 1.165) is 17.7 Å². The summed E-state index contributed by atoms with van der Waals surface area (Å²) in [5, 5.41) is 6.57. The topological polar surface area (TPSA) is 59.6 Å². The van der Waals surface area contributed by atoms with Crippen molar-refractivity contribution in [1.29, 1.82) is 0 Å². The molecule has 0 saturated heterocycles. The molecule has 1 saturated carbocycles. The van der Waals surface area contributed by atoms with Gasteiger partial charge in [-0.25, -0.2) is 0 Å². The van der Waals surface area contributed by atoms with Crippen molar-refractivity contribution in [1.82, 2.24) is 10.6 Å². The van der Waals surface area contributed by atoms with E-state index in [9.17, 15) is 4.79 Å². The maximum absolute atomic E-state index is 12.1. The number of amides is 1. The van der Waals surface area contributed by atoms with Crippen molar-refractivity contribution < 1.29 is 14.3 Å². The van der Waals surface area contributed by atoms with Gasteiger partial charge < -0.3 is 20.1 Å². The third-order valence-electron chi connectivity index (χ3n) is 5.62. The fourth-order valence-electron chi connectivity index (χ4n) is 3.85. The van der Waals surface area contributed by atoms with Crippen molar-refractivity contribution in [2.24, 2.45) is 0 Å². The molecule has 1 fully saturated rings. The summed E-state index contributed by atoms with van der Waals surface area (Å²) in [6.45, 7) is 1.27. The van der Waals surface area contributed by atoms with E-state index in [0.29, 0.717) is 24.1 Å². The van der Waals surface area contributed by atoms with Crippen LogP contribution in [0.1, 0.15) is 56.1 Å². The average Bonchev–Trinajstić information content (AvgIpc) is 2.76. The van der Waals surface area contributed by atoms with E-state index in [1.807, 2.05) is 48.5 Å². The lowest BCUT2D eigenvalue weighted by Gasteiger charge is -2.21. The van der Waals surface area contributed by atoms with Gasteiger partial charge in [-0.05, 0) is 36.1 Å². The Labute approximate surface area is 180 Å². The molecule has 1 aliphatic carbocycles. The van der Waals surface area contributed by atoms with Crippen LogP contribution in [0.15, 0.2) is 48.5 Å². The van der Waals surface area contributed by atoms with Gasteiger partial charge in [0.05, 0.1) is 7.11 Å². The van der Waals surface area contributed by atoms with Crippen molar-refractivity contribution in [3.8, 4) is 11.5 Å². The molecule has 0 atom stereocenters. The summed E-state index contributed by atoms with van der Waals surface area (Å²) >= 11 is 0. The Morgan fingerprint density at radius 1 is 0.900 bits per heavy atom. The minimum Gasteiger partial charge on any atom is -0.493 e. The first-order chi connectivity index (χ1) is 14.7. The van der Waals surface area contributed by atoms with Gasteiger partial charge in [-0.15, -0.1) is 0 Å². The van der Waals surface area contributed by atoms with Crippen LogP contribution < -0.4 is 20.1 Å². The standard InChI is InChI=1S/C25H34N2O3/c1-29-24-16-21(18-26-22-12-8-3-2-4-9-13-22)14-15-23(24)30-19-25(28)27-17-20-10-6-5-7-11-20/h5-7,10-11,14-16,22,26H,2-4,8-9,12-13,17-19H2,1H3,(H,27,28). The van der Waals surface area contributed by atoms with Gasteiger partial charge in [-0.1, -0.05) is 68.5 Å². The Morgan fingerprint density at radius 2 is 1.63 bits per heavy atom. The summed E-state index contributed by atoms with van der Waals surface area (Å²) in [5.74, 6) is 1.08. The van der Waals surface area contributed by atoms with E-state index in [2.05, 4.69) is 10.6 Å². The summed E-state index contributed by atoms with van der Waals surface area (Å²) in [6.07, 6.45) is 9.26. The largest absolute Gasteiger partial charge is 0.493 e. The molecule has 5 nitrogen and oxygen atoms in total. The van der Waals surface area contributed by atoms with Gasteiger partial charge in [0.15, 0.2) is 18.1 Å². The van der Waals surface area contributed by atoms with Gasteiger partial charge in [0.25, 0.3) is 5.91 Å². The highest BCUT2D eigenvalue weighted by atomic mass is 16.5. The summed E-state index contributed by atoms with van der Waals surface area (Å²) in [7, 11) is 1.63. The van der Waals surface area contributed by atoms with Crippen LogP contribution >= 0.6 is 0 Å². The van der Waals surface area contributed by atoms with Crippen LogP contribution in [0.2, 0.25) is 0 Å². The summed E-state index contributed by atoms with van der Waals surface area (Å²) in [4.78, 5) is 12.1. The van der Waals surface area contributed by atoms with Crippen LogP contribution in [-0.2, 0) is 17.9 Å². The van der Waals surface area contributed by atoms with Crippen LogP contribution in [0, 0.1) is 0 Å². The van der Waals surface area contributed by atoms with E-state index >= 15 is 0 Å². The quantitative estimate of drug-likeness (QED) is 0.635. The lowest BCUT2D eigenvalue weighted by atomic mass is 9.96. The molecule has 5 heteroatoms. The van der Waals surface area contributed by atoms with Gasteiger partial charge >= 0.3 is 0 Å². The minimum atomic E-state index is -0.157. The Bertz CT molecular complexity index is 771. The predicted molar refractivity (Wildman–Crippen MR) is 120 cm³/mol. The first kappa shape index (κ1) is 22.2. The lowest BCUT2D eigenvalue weighted by molar-refractivity contribution is -0.123. The van der Waals surface area contributed by atoms with Crippen molar-refractivity contribution in [2.75, 3.05) is 13.7 Å². The molecular weight excluding hydrogens is 376 g/mol. The Kier molecular flexibility index (Phi) is 9.04. The van der Waals surface area contributed by atoms with Gasteiger partial charge in [0.2, 0.25) is 0 Å². The van der Waals surface area contributed by atoms with Gasteiger partial charge in [0.1, 0.15) is 0 Å². The molecule has 30 heavy (non-hydrogen) atoms. The number of methoxy groups -OCH3 is 1. The number of rotatable bonds is 9. The molecule has 0 radical (unpaired) electrons. The number of benzene rings is 2. The van der Waals surface area contributed by atoms with E-state index in [-0.39, 0.29) is 12.5 Å². The molecule has 0 heterocycles. The molecule has 162 valence electrons. The van der Waals surface area contributed by atoms with Gasteiger partial charge in [-0.2, -0.15) is 0 Å². The SMILES string of the molecule is COc1cc(CNC2CCCCCCC2)ccc1OCC(=O)NCc1ccccc1. The predicted octanol–water partition coefficient (Wildman–Crippen LogP) is 4.59. The van der Waals surface area contributed by atoms with Gasteiger partial charge in [-0.3, -0.25) is 4.79 Å². The molecule has 0 aliphatic heterocycles. The molecule has 0 aromatic heterocycles. The molecule has 0 unspecified atom stereocenters. The zero-order valence-electron chi connectivity index (χ0n) is 18.0. The molecule has 1 aliphatic rings. The van der Waals surface area contributed by atoms with Crippen LogP contribution in [0.25, 0.3) is 0 Å². The van der Waals surface area contributed by atoms with Gasteiger partial charge in [0, 0.05) is 19.1 Å². The zero-order valence-corrected chi connectivity index (χ0v) is 18.0. The third-order valence-corrected chi connectivity index (χ3v) is 5.62. The normalized spacial score (nSPS) is 15.1. The minimum absolute atomic E-state index is 0.0388. The zero-order chi connectivity index (χ0) is 21.0. The second kappa shape index (κ2) is 12.2. The summed E-state index contributed by atoms with van der Waals surface area (Å²) < 4.78 is 11.2. The van der Waals surface area contributed by atoms with Crippen molar-refractivity contribution in [3.63, 3.8) is 0 Å². The number of hydrogen-bond acceptors (Lipinski definition) is 4. The second-order valence-electron chi connectivity index (χ2n) is 7.96. The second-order valence-corrected chi connectivity index (χ2v) is 7.96. The number of nitrogens with one attached hydrogen (secondary N) is 2. The molecule has 3 rings (SSSR count). The summed E-state index contributed by atoms with van der Waals surface area (Å²) in [5.41, 5.74) is 2.22. The highest BCUT2D eigenvalue weighted by molar-refractivity contribution is 5.77. The Balaban J connectivity index is 1.46. The average molecular weight is 411 g/mol. The Hall–Kier alpha value is -2.53. The Morgan fingerprint density at radius 3 is 2.37 bits per heavy atom. The molecule has 0 spiro atoms. The fourth-order valence-corrected chi connectivity index (χ4v) is 3.85. The maximum Gasteiger partial charge on any atom is 0.258 e. The lowest BCUT2D eigenvalue weighted by Crippen LogP contribution is -2.29. The van der Waals surface area contributed by atoms with Crippen molar-refractivity contribution >= 4 is 5.91 Å². The van der Waals surface area contributed by atoms with E-state index in [1.54, 1.807) is 7.11 Å². The number of ether oxygens (including phenoxy) is 2. The smallest absolute Gasteiger partial charge is 0.258 e. The molecular formula is C25H34N2O3. The fraction of sp³-hybridized carbons (Fsp3) is 0.480. The molecule has 1 amide bonds. The monoisotopic (exact) mass is 410 g/mol. The van der Waals surface area contributed by atoms with E-state index in [1.165, 1.54) is 44.9 Å². The number of carbonyl (C=O) groups is 1. The van der Waals surface area contributed by atoms with Crippen molar-refractivity contribution in [2.45, 2.75) is 64.1 Å². The molecule has 2 aromatic carbocycles. The van der Waals surface area contributed by atoms with Crippen LogP contribution in [0.4, 0.5) is 0 Å². The highest BCUT2D eigenvalue weighted by Crippen LogP contribution is 2.28. The first-order valence-electron chi connectivity index (χ1n) is 11.1. The maximum atomic E-state index is 12.1. The number of hydrogen-bond donors (Lipinski definition) is 2. The van der Waals surface area contributed by atoms with Crippen LogP contribution in [0.3, 0.4) is 0 Å². The summed E-state index contributed by atoms with van der Waals surface area (Å²) in [6, 6.07) is 16.3. The molecule has 2 N–H and O–H groups in total. The molecule has 0 bridgehead atoms. The third kappa shape index (κ3) is 7.38. The highest BCUT2D eigenvalue weighted by Gasteiger charge is 2.12. The first-order valence-corrected chi connectivity index (χ1v) is 11.1. The van der Waals surface area contributed by atoms with Crippen molar-refractivity contribution in [3.05, 3.63) is 59.7 Å². The molecule has 2 aromatic rings. The van der Waals surface area contributed by atoms with Crippen LogP contribution in [0.5, 0.6) is 11.5 Å². The van der Waals surface area contributed by atoms with E-state index < -0.39 is 0 Å². The number of carbonyl (C=O) groups excluding carboxylic acids is 1.